The van der Waals surface area contributed by atoms with Gasteiger partial charge in [0.1, 0.15) is 0 Å². The first kappa shape index (κ1) is 35.2. The van der Waals surface area contributed by atoms with E-state index in [4.69, 9.17) is 11.5 Å². The summed E-state index contributed by atoms with van der Waals surface area (Å²) in [6, 6.07) is 51.7. The Morgan fingerprint density at radius 3 is 2.31 bits per heavy atom. The number of nitrogens with two attached hydrogens (primary N) is 2. The molecule has 7 aromatic rings. The lowest BCUT2D eigenvalue weighted by Gasteiger charge is -2.24. The van der Waals surface area contributed by atoms with Crippen LogP contribution in [-0.2, 0) is 17.7 Å². The molecule has 1 atom stereocenters. The summed E-state index contributed by atoms with van der Waals surface area (Å²) < 4.78 is 0. The van der Waals surface area contributed by atoms with Crippen LogP contribution in [-0.4, -0.2) is 0 Å². The molecule has 266 valence electrons. The lowest BCUT2D eigenvalue weighted by atomic mass is 9.81. The Bertz CT molecular complexity index is 2580. The van der Waals surface area contributed by atoms with Gasteiger partial charge in [0.25, 0.3) is 0 Å². The number of anilines is 1. The first-order chi connectivity index (χ1) is 26.2. The smallest absolute Gasteiger partial charge is 0.0532 e. The molecule has 1 aliphatic rings. The quantitative estimate of drug-likeness (QED) is 0.0920. The van der Waals surface area contributed by atoms with E-state index in [1.54, 1.807) is 11.8 Å². The SMILES string of the molecule is C=C(/C=C\c1ccc2cc(CNC(/C=C(\N)c3ccc4ccccc4c3)c3ccc4c(c3)C(C)(C)c3ccccc3-4)ccc2c1N)SCc1ccccc1. The largest absolute Gasteiger partial charge is 0.398 e. The minimum absolute atomic E-state index is 0.0966. The lowest BCUT2D eigenvalue weighted by Crippen LogP contribution is -2.21. The van der Waals surface area contributed by atoms with Crippen LogP contribution in [0.1, 0.15) is 58.8 Å². The van der Waals surface area contributed by atoms with E-state index in [-0.39, 0.29) is 11.5 Å². The number of thioether (sulfide) groups is 1. The molecule has 0 aromatic heterocycles. The highest BCUT2D eigenvalue weighted by atomic mass is 32.2. The summed E-state index contributed by atoms with van der Waals surface area (Å²) in [5.74, 6) is 0.888. The summed E-state index contributed by atoms with van der Waals surface area (Å²) in [7, 11) is 0. The van der Waals surface area contributed by atoms with Crippen molar-refractivity contribution in [2.45, 2.75) is 37.6 Å². The molecule has 0 saturated heterocycles. The van der Waals surface area contributed by atoms with E-state index in [2.05, 4.69) is 183 Å². The summed E-state index contributed by atoms with van der Waals surface area (Å²) in [6.45, 7) is 9.55. The van der Waals surface area contributed by atoms with Crippen molar-refractivity contribution in [1.29, 1.82) is 0 Å². The summed E-state index contributed by atoms with van der Waals surface area (Å²) in [6.07, 6.45) is 6.29. The fraction of sp³-hybridized carbons (Fsp3) is 0.120. The number of nitrogen functional groups attached to an aromatic ring is 1. The van der Waals surface area contributed by atoms with Crippen molar-refractivity contribution in [3.8, 4) is 11.1 Å². The Balaban J connectivity index is 1.05. The molecule has 4 heteroatoms. The second-order valence-corrected chi connectivity index (χ2v) is 15.8. The lowest BCUT2D eigenvalue weighted by molar-refractivity contribution is 0.615. The zero-order valence-electron chi connectivity index (χ0n) is 30.9. The zero-order valence-corrected chi connectivity index (χ0v) is 31.7. The minimum atomic E-state index is -0.123. The number of allylic oxidation sites excluding steroid dienone is 1. The average molecular weight is 720 g/mol. The van der Waals surface area contributed by atoms with E-state index in [9.17, 15) is 0 Å². The molecule has 0 spiro atoms. The molecule has 0 saturated carbocycles. The van der Waals surface area contributed by atoms with E-state index in [0.29, 0.717) is 6.54 Å². The van der Waals surface area contributed by atoms with Crippen molar-refractivity contribution in [1.82, 2.24) is 5.32 Å². The number of benzene rings is 7. The molecule has 8 rings (SSSR count). The van der Waals surface area contributed by atoms with Crippen LogP contribution >= 0.6 is 11.8 Å². The molecular weight excluding hydrogens is 675 g/mol. The van der Waals surface area contributed by atoms with Crippen molar-refractivity contribution in [3.05, 3.63) is 208 Å². The van der Waals surface area contributed by atoms with Crippen LogP contribution in [0.5, 0.6) is 0 Å². The second kappa shape index (κ2) is 14.9. The van der Waals surface area contributed by atoms with E-state index < -0.39 is 0 Å². The summed E-state index contributed by atoms with van der Waals surface area (Å²) in [5.41, 5.74) is 26.1. The van der Waals surface area contributed by atoms with Crippen LogP contribution in [0, 0.1) is 0 Å². The van der Waals surface area contributed by atoms with Crippen molar-refractivity contribution in [2.75, 3.05) is 5.73 Å². The van der Waals surface area contributed by atoms with E-state index >= 15 is 0 Å². The standard InChI is InChI=1S/C50H45N3S/c1-33(54-32-34-11-5-4-6-12-34)17-19-37-21-22-39-27-35(18-25-42(39)49(37)52)31-53-48(30-47(51)40-23-20-36-13-7-8-14-38(36)28-40)41-24-26-44-43-15-9-10-16-45(43)50(2,3)46(44)29-41/h4-30,48,53H,1,31-32,51-52H2,2-3H3/b19-17-,47-30-. The monoisotopic (exact) mass is 719 g/mol. The van der Waals surface area contributed by atoms with E-state index in [0.717, 1.165) is 43.9 Å². The van der Waals surface area contributed by atoms with Crippen molar-refractivity contribution in [3.63, 3.8) is 0 Å². The van der Waals surface area contributed by atoms with Gasteiger partial charge in [0.2, 0.25) is 0 Å². The Labute approximate surface area is 323 Å². The molecule has 0 radical (unpaired) electrons. The minimum Gasteiger partial charge on any atom is -0.398 e. The van der Waals surface area contributed by atoms with Crippen LogP contribution < -0.4 is 16.8 Å². The van der Waals surface area contributed by atoms with Crippen LogP contribution in [0.4, 0.5) is 5.69 Å². The van der Waals surface area contributed by atoms with Crippen LogP contribution in [0.2, 0.25) is 0 Å². The maximum Gasteiger partial charge on any atom is 0.0532 e. The number of hydrogen-bond acceptors (Lipinski definition) is 4. The van der Waals surface area contributed by atoms with Gasteiger partial charge >= 0.3 is 0 Å². The molecule has 7 aromatic carbocycles. The predicted octanol–water partition coefficient (Wildman–Crippen LogP) is 12.2. The third kappa shape index (κ3) is 7.11. The Morgan fingerprint density at radius 2 is 1.46 bits per heavy atom. The first-order valence-corrected chi connectivity index (χ1v) is 19.5. The molecule has 1 aliphatic carbocycles. The Kier molecular flexibility index (Phi) is 9.72. The number of fused-ring (bicyclic) bond motifs is 5. The first-order valence-electron chi connectivity index (χ1n) is 18.5. The predicted molar refractivity (Wildman–Crippen MR) is 234 cm³/mol. The maximum absolute atomic E-state index is 6.92. The van der Waals surface area contributed by atoms with Gasteiger partial charge in [0, 0.05) is 39.4 Å². The fourth-order valence-electron chi connectivity index (χ4n) is 7.72. The van der Waals surface area contributed by atoms with Crippen LogP contribution in [0.15, 0.2) is 169 Å². The van der Waals surface area contributed by atoms with E-state index in [1.165, 1.54) is 49.7 Å². The van der Waals surface area contributed by atoms with Gasteiger partial charge < -0.3 is 16.8 Å². The van der Waals surface area contributed by atoms with Gasteiger partial charge in [0.15, 0.2) is 0 Å². The van der Waals surface area contributed by atoms with Gasteiger partial charge in [-0.1, -0.05) is 160 Å². The topological polar surface area (TPSA) is 64.1 Å². The van der Waals surface area contributed by atoms with Gasteiger partial charge in [0.05, 0.1) is 6.04 Å². The van der Waals surface area contributed by atoms with Gasteiger partial charge in [-0.2, -0.15) is 0 Å². The molecule has 0 amide bonds. The normalized spacial score (nSPS) is 14.0. The molecule has 3 nitrogen and oxygen atoms in total. The molecule has 0 bridgehead atoms. The molecular formula is C50H45N3S. The van der Waals surface area contributed by atoms with Gasteiger partial charge in [-0.15, -0.1) is 11.8 Å². The molecule has 0 heterocycles. The van der Waals surface area contributed by atoms with Crippen molar-refractivity contribution >= 4 is 50.8 Å². The van der Waals surface area contributed by atoms with Crippen LogP contribution in [0.3, 0.4) is 0 Å². The summed E-state index contributed by atoms with van der Waals surface area (Å²) in [5, 5.41) is 8.40. The highest BCUT2D eigenvalue weighted by molar-refractivity contribution is 8.02. The number of hydrogen-bond donors (Lipinski definition) is 3. The zero-order chi connectivity index (χ0) is 37.2. The molecule has 1 unspecified atom stereocenters. The molecule has 0 fully saturated rings. The highest BCUT2D eigenvalue weighted by Crippen LogP contribution is 2.49. The summed E-state index contributed by atoms with van der Waals surface area (Å²) >= 11 is 1.73. The fourth-order valence-corrected chi connectivity index (χ4v) is 8.43. The van der Waals surface area contributed by atoms with Crippen molar-refractivity contribution in [2.24, 2.45) is 5.73 Å². The maximum atomic E-state index is 6.92. The third-order valence-corrected chi connectivity index (χ3v) is 11.8. The summed E-state index contributed by atoms with van der Waals surface area (Å²) in [4.78, 5) is 1.00. The van der Waals surface area contributed by atoms with Gasteiger partial charge in [-0.25, -0.2) is 0 Å². The Morgan fingerprint density at radius 1 is 0.722 bits per heavy atom. The van der Waals surface area contributed by atoms with Crippen molar-refractivity contribution < 1.29 is 0 Å². The van der Waals surface area contributed by atoms with Crippen LogP contribution in [0.25, 0.3) is 44.4 Å². The molecule has 0 aliphatic heterocycles. The third-order valence-electron chi connectivity index (χ3n) is 10.8. The number of nitrogens with one attached hydrogen (secondary N) is 1. The van der Waals surface area contributed by atoms with Gasteiger partial charge in [-0.05, 0) is 90.5 Å². The van der Waals surface area contributed by atoms with E-state index in [1.807, 2.05) is 6.07 Å². The average Bonchev–Trinajstić information content (AvgIpc) is 3.43. The Hall–Kier alpha value is -5.81. The number of rotatable bonds is 11. The molecule has 54 heavy (non-hydrogen) atoms. The highest BCUT2D eigenvalue weighted by Gasteiger charge is 2.35. The van der Waals surface area contributed by atoms with Gasteiger partial charge in [-0.3, -0.25) is 0 Å². The second-order valence-electron chi connectivity index (χ2n) is 14.7. The molecule has 5 N–H and O–H groups in total.